The van der Waals surface area contributed by atoms with Crippen LogP contribution in [-0.4, -0.2) is 36.6 Å². The van der Waals surface area contributed by atoms with Crippen LogP contribution in [0.15, 0.2) is 43.1 Å². The average molecular weight is 365 g/mol. The van der Waals surface area contributed by atoms with Gasteiger partial charge in [-0.25, -0.2) is 9.67 Å². The first-order valence-corrected chi connectivity index (χ1v) is 7.42. The second kappa shape index (κ2) is 6.86. The van der Waals surface area contributed by atoms with Crippen molar-refractivity contribution >= 4 is 23.1 Å². The van der Waals surface area contributed by atoms with Gasteiger partial charge in [0.2, 0.25) is 5.91 Å². The number of halogens is 3. The van der Waals surface area contributed by atoms with Crippen molar-refractivity contribution in [1.82, 2.24) is 24.5 Å². The fourth-order valence-corrected chi connectivity index (χ4v) is 2.18. The molecule has 0 aliphatic carbocycles. The second-order valence-electron chi connectivity index (χ2n) is 5.44. The van der Waals surface area contributed by atoms with E-state index in [4.69, 9.17) is 0 Å². The van der Waals surface area contributed by atoms with E-state index < -0.39 is 18.5 Å². The Hall–Kier alpha value is -3.37. The van der Waals surface area contributed by atoms with Crippen LogP contribution in [0.4, 0.5) is 30.4 Å². The Morgan fingerprint density at radius 2 is 1.96 bits per heavy atom. The molecule has 136 valence electrons. The topological polar surface area (TPSA) is 89.7 Å². The highest BCUT2D eigenvalue weighted by Crippen LogP contribution is 2.21. The zero-order chi connectivity index (χ0) is 18.7. The van der Waals surface area contributed by atoms with Gasteiger partial charge in [-0.2, -0.15) is 23.4 Å². The first-order valence-electron chi connectivity index (χ1n) is 7.42. The summed E-state index contributed by atoms with van der Waals surface area (Å²) in [4.78, 5) is 15.5. The second-order valence-corrected chi connectivity index (χ2v) is 5.44. The number of carbonyl (C=O) groups is 1. The number of aryl methyl sites for hydroxylation is 1. The summed E-state index contributed by atoms with van der Waals surface area (Å²) in [6.45, 7) is 0. The molecule has 3 aromatic rings. The quantitative estimate of drug-likeness (QED) is 0.726. The van der Waals surface area contributed by atoms with Crippen molar-refractivity contribution in [2.45, 2.75) is 12.6 Å². The van der Waals surface area contributed by atoms with E-state index in [2.05, 4.69) is 25.8 Å². The molecule has 0 radical (unpaired) electrons. The van der Waals surface area contributed by atoms with E-state index >= 15 is 0 Å². The number of nitrogens with one attached hydrogen (secondary N) is 2. The summed E-state index contributed by atoms with van der Waals surface area (Å²) < 4.78 is 39.7. The Morgan fingerprint density at radius 1 is 1.19 bits per heavy atom. The molecular weight excluding hydrogens is 351 g/mol. The molecule has 11 heteroatoms. The third-order valence-electron chi connectivity index (χ3n) is 3.21. The molecule has 0 spiro atoms. The highest BCUT2D eigenvalue weighted by molar-refractivity contribution is 5.90. The lowest BCUT2D eigenvalue weighted by molar-refractivity contribution is -0.150. The number of anilines is 3. The van der Waals surface area contributed by atoms with Crippen LogP contribution >= 0.6 is 0 Å². The molecule has 0 saturated carbocycles. The summed E-state index contributed by atoms with van der Waals surface area (Å²) in [6.07, 6.45) is 1.54. The number of pyridine rings is 1. The van der Waals surface area contributed by atoms with Gasteiger partial charge in [-0.3, -0.25) is 9.48 Å². The van der Waals surface area contributed by atoms with E-state index in [-0.39, 0.29) is 5.69 Å². The Labute approximate surface area is 145 Å². The first-order chi connectivity index (χ1) is 12.3. The van der Waals surface area contributed by atoms with Crippen molar-refractivity contribution in [2.24, 2.45) is 7.05 Å². The van der Waals surface area contributed by atoms with Gasteiger partial charge in [0.25, 0.3) is 0 Å². The molecule has 0 fully saturated rings. The van der Waals surface area contributed by atoms with Crippen molar-refractivity contribution < 1.29 is 18.0 Å². The number of carbonyl (C=O) groups excluding carboxylic acids is 1. The normalized spacial score (nSPS) is 11.4. The van der Waals surface area contributed by atoms with Gasteiger partial charge in [-0.15, -0.1) is 0 Å². The van der Waals surface area contributed by atoms with Crippen molar-refractivity contribution in [1.29, 1.82) is 0 Å². The highest BCUT2D eigenvalue weighted by Gasteiger charge is 2.31. The van der Waals surface area contributed by atoms with Crippen molar-refractivity contribution in [3.63, 3.8) is 0 Å². The Morgan fingerprint density at radius 3 is 2.65 bits per heavy atom. The number of nitrogens with zero attached hydrogens (tertiary/aromatic N) is 5. The molecule has 0 aliphatic rings. The fraction of sp³-hybridized carbons (Fsp3) is 0.200. The molecule has 26 heavy (non-hydrogen) atoms. The maximum Gasteiger partial charge on any atom is 0.397 e. The predicted molar refractivity (Wildman–Crippen MR) is 87.2 cm³/mol. The van der Waals surface area contributed by atoms with E-state index in [9.17, 15) is 18.0 Å². The lowest BCUT2D eigenvalue weighted by atomic mass is 10.3. The van der Waals surface area contributed by atoms with Crippen LogP contribution < -0.4 is 10.6 Å². The summed E-state index contributed by atoms with van der Waals surface area (Å²) >= 11 is 0. The number of rotatable bonds is 5. The van der Waals surface area contributed by atoms with Gasteiger partial charge in [0.1, 0.15) is 12.2 Å². The number of amides is 1. The number of alkyl halides is 3. The minimum absolute atomic E-state index is 0.165. The van der Waals surface area contributed by atoms with E-state index in [1.54, 1.807) is 42.5 Å². The van der Waals surface area contributed by atoms with Gasteiger partial charge in [0, 0.05) is 25.5 Å². The van der Waals surface area contributed by atoms with Crippen molar-refractivity contribution in [2.75, 3.05) is 10.6 Å². The SMILES string of the molecule is Cn1cc(Nc2cc(-n3cc(NC(=O)CC(F)(F)F)cn3)ccn2)cn1. The summed E-state index contributed by atoms with van der Waals surface area (Å²) in [7, 11) is 1.79. The summed E-state index contributed by atoms with van der Waals surface area (Å²) in [5.74, 6) is -0.612. The zero-order valence-electron chi connectivity index (χ0n) is 13.5. The fourth-order valence-electron chi connectivity index (χ4n) is 2.18. The van der Waals surface area contributed by atoms with Gasteiger partial charge in [-0.05, 0) is 6.07 Å². The Kier molecular flexibility index (Phi) is 4.61. The maximum atomic E-state index is 12.2. The van der Waals surface area contributed by atoms with Crippen LogP contribution in [-0.2, 0) is 11.8 Å². The monoisotopic (exact) mass is 365 g/mol. The molecule has 0 aliphatic heterocycles. The number of aromatic nitrogens is 5. The van der Waals surface area contributed by atoms with E-state index in [0.717, 1.165) is 5.69 Å². The molecule has 3 rings (SSSR count). The van der Waals surface area contributed by atoms with Gasteiger partial charge in [0.05, 0.1) is 35.7 Å². The van der Waals surface area contributed by atoms with Crippen LogP contribution in [0, 0.1) is 0 Å². The van der Waals surface area contributed by atoms with Crippen LogP contribution in [0.5, 0.6) is 0 Å². The van der Waals surface area contributed by atoms with Crippen LogP contribution in [0.1, 0.15) is 6.42 Å². The third-order valence-corrected chi connectivity index (χ3v) is 3.21. The zero-order valence-corrected chi connectivity index (χ0v) is 13.5. The maximum absolute atomic E-state index is 12.2. The van der Waals surface area contributed by atoms with Crippen molar-refractivity contribution in [3.8, 4) is 5.69 Å². The predicted octanol–water partition coefficient (Wildman–Crippen LogP) is 2.64. The van der Waals surface area contributed by atoms with Crippen molar-refractivity contribution in [3.05, 3.63) is 43.1 Å². The number of hydrogen-bond donors (Lipinski definition) is 2. The van der Waals surface area contributed by atoms with Crippen LogP contribution in [0.2, 0.25) is 0 Å². The molecule has 0 atom stereocenters. The lowest BCUT2D eigenvalue weighted by Crippen LogP contribution is -2.20. The van der Waals surface area contributed by atoms with Gasteiger partial charge in [0.15, 0.2) is 0 Å². The molecule has 0 saturated heterocycles. The molecule has 8 nitrogen and oxygen atoms in total. The standard InChI is InChI=1S/C15H14F3N7O/c1-24-8-10(6-20-24)22-13-4-12(2-3-19-13)25-9-11(7-21-25)23-14(26)5-15(16,17)18/h2-4,6-9H,5H2,1H3,(H,19,22)(H,23,26). The summed E-state index contributed by atoms with van der Waals surface area (Å²) in [5, 5.41) is 13.3. The van der Waals surface area contributed by atoms with E-state index in [0.29, 0.717) is 11.5 Å². The molecular formula is C15H14F3N7O. The molecule has 0 bridgehead atoms. The van der Waals surface area contributed by atoms with Gasteiger partial charge < -0.3 is 10.6 Å². The summed E-state index contributed by atoms with van der Waals surface area (Å²) in [6, 6.07) is 3.37. The smallest absolute Gasteiger partial charge is 0.338 e. The first kappa shape index (κ1) is 17.5. The van der Waals surface area contributed by atoms with Crippen LogP contribution in [0.3, 0.4) is 0 Å². The molecule has 0 aromatic carbocycles. The van der Waals surface area contributed by atoms with Crippen LogP contribution in [0.25, 0.3) is 5.69 Å². The Balaban J connectivity index is 1.71. The molecule has 3 aromatic heterocycles. The molecule has 2 N–H and O–H groups in total. The van der Waals surface area contributed by atoms with Gasteiger partial charge in [-0.1, -0.05) is 0 Å². The van der Waals surface area contributed by atoms with E-state index in [1.165, 1.54) is 17.1 Å². The number of hydrogen-bond acceptors (Lipinski definition) is 5. The highest BCUT2D eigenvalue weighted by atomic mass is 19.4. The summed E-state index contributed by atoms with van der Waals surface area (Å²) in [5.41, 5.74) is 1.53. The minimum atomic E-state index is -4.56. The molecule has 0 unspecified atom stereocenters. The molecule has 1 amide bonds. The Bertz CT molecular complexity index is 916. The average Bonchev–Trinajstić information content (AvgIpc) is 3.15. The van der Waals surface area contributed by atoms with E-state index in [1.807, 2.05) is 0 Å². The minimum Gasteiger partial charge on any atom is -0.338 e. The largest absolute Gasteiger partial charge is 0.397 e. The lowest BCUT2D eigenvalue weighted by Gasteiger charge is -2.06. The third kappa shape index (κ3) is 4.59. The molecule has 3 heterocycles. The van der Waals surface area contributed by atoms with Gasteiger partial charge >= 0.3 is 6.18 Å².